The number of aromatic nitrogens is 2. The molecule has 2 aromatic rings. The highest BCUT2D eigenvalue weighted by molar-refractivity contribution is 5.79. The fourth-order valence-electron chi connectivity index (χ4n) is 1.71. The maximum absolute atomic E-state index is 11.5. The highest BCUT2D eigenvalue weighted by Crippen LogP contribution is 2.13. The summed E-state index contributed by atoms with van der Waals surface area (Å²) in [7, 11) is 0. The number of para-hydroxylation sites is 2. The van der Waals surface area contributed by atoms with Crippen LogP contribution in [0.4, 0.5) is 5.95 Å². The largest absolute Gasteiger partial charge is 0.462 e. The van der Waals surface area contributed by atoms with Crippen LogP contribution in [0, 0.1) is 0 Å². The smallest absolute Gasteiger partial charge is 0.325 e. The van der Waals surface area contributed by atoms with Crippen LogP contribution >= 0.6 is 0 Å². The zero-order valence-electron chi connectivity index (χ0n) is 15.7. The van der Waals surface area contributed by atoms with Crippen molar-refractivity contribution in [1.29, 1.82) is 0 Å². The fourth-order valence-corrected chi connectivity index (χ4v) is 1.71. The molecule has 0 spiro atoms. The second kappa shape index (κ2) is 8.50. The van der Waals surface area contributed by atoms with E-state index in [1.165, 1.54) is 0 Å². The van der Waals surface area contributed by atoms with Gasteiger partial charge < -0.3 is 19.8 Å². The SMILES string of the molecule is CC(C)(C)OC(=O)CNc1nc2ccccc2[nH]1.CC(C)(C)OC=O. The zero-order valence-corrected chi connectivity index (χ0v) is 15.7. The second-order valence-corrected chi connectivity index (χ2v) is 7.37. The quantitative estimate of drug-likeness (QED) is 0.650. The number of carbonyl (C=O) groups excluding carboxylic acids is 2. The molecule has 2 rings (SSSR count). The van der Waals surface area contributed by atoms with Crippen LogP contribution < -0.4 is 5.32 Å². The third-order valence-corrected chi connectivity index (χ3v) is 2.61. The summed E-state index contributed by atoms with van der Waals surface area (Å²) in [6.07, 6.45) is 0. The lowest BCUT2D eigenvalue weighted by Crippen LogP contribution is -2.28. The Morgan fingerprint density at radius 3 is 2.28 bits per heavy atom. The molecule has 0 unspecified atom stereocenters. The number of fused-ring (bicyclic) bond motifs is 1. The Morgan fingerprint density at radius 2 is 1.80 bits per heavy atom. The molecule has 0 aliphatic rings. The average Bonchev–Trinajstić information content (AvgIpc) is 2.85. The number of nitrogens with zero attached hydrogens (tertiary/aromatic N) is 1. The van der Waals surface area contributed by atoms with Crippen LogP contribution in [0.3, 0.4) is 0 Å². The molecule has 1 aromatic heterocycles. The molecule has 0 amide bonds. The molecular weight excluding hydrogens is 322 g/mol. The molecule has 1 aromatic carbocycles. The van der Waals surface area contributed by atoms with Gasteiger partial charge in [-0.3, -0.25) is 9.59 Å². The van der Waals surface area contributed by atoms with Crippen LogP contribution in [0.5, 0.6) is 0 Å². The van der Waals surface area contributed by atoms with Crippen molar-refractivity contribution >= 4 is 29.4 Å². The van der Waals surface area contributed by atoms with Crippen molar-refractivity contribution in [2.24, 2.45) is 0 Å². The maximum atomic E-state index is 11.5. The van der Waals surface area contributed by atoms with Crippen LogP contribution in [0.2, 0.25) is 0 Å². The van der Waals surface area contributed by atoms with Gasteiger partial charge in [-0.25, -0.2) is 4.98 Å². The van der Waals surface area contributed by atoms with Gasteiger partial charge in [-0.2, -0.15) is 0 Å². The molecule has 1 heterocycles. The molecule has 0 atom stereocenters. The summed E-state index contributed by atoms with van der Waals surface area (Å²) >= 11 is 0. The van der Waals surface area contributed by atoms with Gasteiger partial charge in [0.15, 0.2) is 0 Å². The zero-order chi connectivity index (χ0) is 19.1. The van der Waals surface area contributed by atoms with Gasteiger partial charge >= 0.3 is 5.97 Å². The van der Waals surface area contributed by atoms with E-state index in [1.54, 1.807) is 0 Å². The third-order valence-electron chi connectivity index (χ3n) is 2.61. The van der Waals surface area contributed by atoms with Crippen LogP contribution in [0.1, 0.15) is 41.5 Å². The van der Waals surface area contributed by atoms with Crippen molar-refractivity contribution in [1.82, 2.24) is 9.97 Å². The van der Waals surface area contributed by atoms with Crippen molar-refractivity contribution in [3.8, 4) is 0 Å². The van der Waals surface area contributed by atoms with Crippen LogP contribution in [0.15, 0.2) is 24.3 Å². The van der Waals surface area contributed by atoms with Gasteiger partial charge in [0, 0.05) is 0 Å². The minimum atomic E-state index is -0.466. The van der Waals surface area contributed by atoms with E-state index in [2.05, 4.69) is 20.0 Å². The molecule has 0 fully saturated rings. The molecule has 0 saturated heterocycles. The maximum Gasteiger partial charge on any atom is 0.325 e. The Balaban J connectivity index is 0.000000381. The monoisotopic (exact) mass is 349 g/mol. The van der Waals surface area contributed by atoms with E-state index < -0.39 is 5.60 Å². The molecule has 0 radical (unpaired) electrons. The molecule has 2 N–H and O–H groups in total. The number of carbonyl (C=O) groups is 2. The lowest BCUT2D eigenvalue weighted by atomic mass is 10.2. The first-order chi connectivity index (χ1) is 11.5. The summed E-state index contributed by atoms with van der Waals surface area (Å²) in [5, 5.41) is 2.92. The van der Waals surface area contributed by atoms with Crippen molar-refractivity contribution in [2.45, 2.75) is 52.7 Å². The molecule has 7 heteroatoms. The lowest BCUT2D eigenvalue weighted by molar-refractivity contribution is -0.152. The van der Waals surface area contributed by atoms with Gasteiger partial charge in [0.1, 0.15) is 17.7 Å². The van der Waals surface area contributed by atoms with Gasteiger partial charge in [-0.05, 0) is 53.7 Å². The number of H-pyrrole nitrogens is 1. The molecule has 0 bridgehead atoms. The standard InChI is InChI=1S/C13H17N3O2.C5H10O2/c1-13(2,3)18-11(17)8-14-12-15-9-6-4-5-7-10(9)16-12;1-5(2,3)7-4-6/h4-7H,8H2,1-3H3,(H2,14,15,16);4H,1-3H3. The number of aromatic amines is 1. The summed E-state index contributed by atoms with van der Waals surface area (Å²) < 4.78 is 9.74. The number of nitrogens with one attached hydrogen (secondary N) is 2. The minimum Gasteiger partial charge on any atom is -0.462 e. The Morgan fingerprint density at radius 1 is 1.16 bits per heavy atom. The fraction of sp³-hybridized carbons (Fsp3) is 0.500. The van der Waals surface area contributed by atoms with E-state index in [4.69, 9.17) is 4.74 Å². The molecule has 0 aliphatic heterocycles. The van der Waals surface area contributed by atoms with Gasteiger partial charge in [0.05, 0.1) is 11.0 Å². The average molecular weight is 349 g/mol. The molecule has 138 valence electrons. The molecule has 0 saturated carbocycles. The van der Waals surface area contributed by atoms with Crippen molar-refractivity contribution in [3.05, 3.63) is 24.3 Å². The van der Waals surface area contributed by atoms with Crippen molar-refractivity contribution in [3.63, 3.8) is 0 Å². The summed E-state index contributed by atoms with van der Waals surface area (Å²) in [5.74, 6) is 0.269. The van der Waals surface area contributed by atoms with E-state index in [0.717, 1.165) is 11.0 Å². The summed E-state index contributed by atoms with van der Waals surface area (Å²) in [6, 6.07) is 7.68. The van der Waals surface area contributed by atoms with Crippen LogP contribution in [-0.2, 0) is 19.1 Å². The number of imidazole rings is 1. The third kappa shape index (κ3) is 8.74. The number of benzene rings is 1. The van der Waals surface area contributed by atoms with Crippen LogP contribution in [0.25, 0.3) is 11.0 Å². The Kier molecular flexibility index (Phi) is 6.97. The van der Waals surface area contributed by atoms with Crippen molar-refractivity contribution in [2.75, 3.05) is 11.9 Å². The van der Waals surface area contributed by atoms with Crippen LogP contribution in [-0.4, -0.2) is 40.2 Å². The van der Waals surface area contributed by atoms with Gasteiger partial charge in [0.2, 0.25) is 5.95 Å². The van der Waals surface area contributed by atoms with E-state index in [1.807, 2.05) is 65.8 Å². The van der Waals surface area contributed by atoms with Gasteiger partial charge in [0.25, 0.3) is 6.47 Å². The predicted octanol–water partition coefficient (Wildman–Crippen LogP) is 3.27. The number of rotatable bonds is 4. The highest BCUT2D eigenvalue weighted by Gasteiger charge is 2.16. The predicted molar refractivity (Wildman–Crippen MR) is 97.3 cm³/mol. The first-order valence-corrected chi connectivity index (χ1v) is 8.02. The van der Waals surface area contributed by atoms with Crippen molar-refractivity contribution < 1.29 is 19.1 Å². The summed E-state index contributed by atoms with van der Waals surface area (Å²) in [4.78, 5) is 28.5. The normalized spacial score (nSPS) is 11.3. The second-order valence-electron chi connectivity index (χ2n) is 7.37. The Bertz CT molecular complexity index is 663. The minimum absolute atomic E-state index is 0.0943. The summed E-state index contributed by atoms with van der Waals surface area (Å²) in [5.41, 5.74) is 1.02. The Hall–Kier alpha value is -2.57. The number of esters is 1. The van der Waals surface area contributed by atoms with E-state index in [-0.39, 0.29) is 18.1 Å². The summed E-state index contributed by atoms with van der Waals surface area (Å²) in [6.45, 7) is 11.5. The molecule has 25 heavy (non-hydrogen) atoms. The number of ether oxygens (including phenoxy) is 2. The number of hydrogen-bond donors (Lipinski definition) is 2. The van der Waals surface area contributed by atoms with E-state index in [0.29, 0.717) is 12.4 Å². The number of anilines is 1. The molecule has 0 aliphatic carbocycles. The van der Waals surface area contributed by atoms with Gasteiger partial charge in [-0.1, -0.05) is 12.1 Å². The highest BCUT2D eigenvalue weighted by atomic mass is 16.6. The van der Waals surface area contributed by atoms with E-state index in [9.17, 15) is 9.59 Å². The van der Waals surface area contributed by atoms with E-state index >= 15 is 0 Å². The first-order valence-electron chi connectivity index (χ1n) is 8.02. The lowest BCUT2D eigenvalue weighted by Gasteiger charge is -2.19. The number of hydrogen-bond acceptors (Lipinski definition) is 6. The topological polar surface area (TPSA) is 93.3 Å². The first kappa shape index (κ1) is 20.5. The Labute approximate surface area is 148 Å². The van der Waals surface area contributed by atoms with Gasteiger partial charge in [-0.15, -0.1) is 0 Å². The molecular formula is C18H27N3O4. The molecule has 7 nitrogen and oxygen atoms in total.